The summed E-state index contributed by atoms with van der Waals surface area (Å²) in [5.74, 6) is 0. The van der Waals surface area contributed by atoms with Crippen molar-refractivity contribution in [3.8, 4) is 0 Å². The van der Waals surface area contributed by atoms with Crippen molar-refractivity contribution < 1.29 is 51.4 Å². The second-order valence-corrected chi connectivity index (χ2v) is 2.61. The largest absolute Gasteiger partial charge is 1.00 e. The molecule has 2 rings (SSSR count). The maximum absolute atomic E-state index is 5.62. The Balaban J connectivity index is 0.000000720. The third kappa shape index (κ3) is 2.09. The smallest absolute Gasteiger partial charge is 0.399 e. The first-order valence-corrected chi connectivity index (χ1v) is 3.60. The molecule has 2 heteroatoms. The van der Waals surface area contributed by atoms with Gasteiger partial charge in [-0.25, -0.2) is 0 Å². The van der Waals surface area contributed by atoms with Crippen LogP contribution in [-0.2, 0) is 0 Å². The predicted molar refractivity (Wildman–Crippen MR) is 48.4 cm³/mol. The van der Waals surface area contributed by atoms with Gasteiger partial charge >= 0.3 is 51.4 Å². The normalized spacial score (nSPS) is 9.33. The topological polar surface area (TPSA) is 26.0 Å². The quantitative estimate of drug-likeness (QED) is 0.428. The number of benzene rings is 2. The van der Waals surface area contributed by atoms with Gasteiger partial charge in [-0.15, -0.1) is 0 Å². The molecule has 0 spiro atoms. The molecule has 2 aromatic carbocycles. The van der Waals surface area contributed by atoms with E-state index in [1.165, 1.54) is 10.8 Å². The second-order valence-electron chi connectivity index (χ2n) is 2.61. The van der Waals surface area contributed by atoms with E-state index in [4.69, 9.17) is 5.73 Å². The van der Waals surface area contributed by atoms with Crippen molar-refractivity contribution >= 4 is 16.5 Å². The third-order valence-electron chi connectivity index (χ3n) is 1.77. The maximum atomic E-state index is 5.62. The van der Waals surface area contributed by atoms with E-state index < -0.39 is 0 Å². The van der Waals surface area contributed by atoms with Crippen LogP contribution >= 0.6 is 0 Å². The van der Waals surface area contributed by atoms with Crippen LogP contribution in [-0.4, -0.2) is 0 Å². The van der Waals surface area contributed by atoms with Gasteiger partial charge in [0.25, 0.3) is 0 Å². The van der Waals surface area contributed by atoms with Gasteiger partial charge in [0, 0.05) is 5.69 Å². The van der Waals surface area contributed by atoms with Crippen LogP contribution in [0.1, 0.15) is 0 Å². The number of nitrogens with two attached hydrogens (primary N) is 1. The molecule has 0 unspecified atom stereocenters. The monoisotopic (exact) mass is 182 g/mol. The fourth-order valence-electron chi connectivity index (χ4n) is 1.21. The number of hydrogen-bond donors (Lipinski definition) is 1. The van der Waals surface area contributed by atoms with E-state index in [9.17, 15) is 0 Å². The summed E-state index contributed by atoms with van der Waals surface area (Å²) < 4.78 is 0. The van der Waals surface area contributed by atoms with E-state index in [-0.39, 0.29) is 51.4 Å². The summed E-state index contributed by atoms with van der Waals surface area (Å²) in [5, 5.41) is 2.44. The number of rotatable bonds is 0. The number of fused-ring (bicyclic) bond motifs is 1. The average molecular weight is 182 g/mol. The molecule has 0 aliphatic carbocycles. The van der Waals surface area contributed by atoms with Gasteiger partial charge in [0.05, 0.1) is 0 Å². The molecule has 1 nitrogen and oxygen atoms in total. The average Bonchev–Trinajstić information content (AvgIpc) is 2.04. The summed E-state index contributed by atoms with van der Waals surface area (Å²) in [5.41, 5.74) is 6.45. The minimum absolute atomic E-state index is 0. The van der Waals surface area contributed by atoms with E-state index >= 15 is 0 Å². The van der Waals surface area contributed by atoms with Crippen molar-refractivity contribution in [2.24, 2.45) is 0 Å². The van der Waals surface area contributed by atoms with Crippen LogP contribution in [0.3, 0.4) is 0 Å². The molecule has 0 atom stereocenters. The molecule has 54 valence electrons. The van der Waals surface area contributed by atoms with Gasteiger partial charge in [-0.3, -0.25) is 0 Å². The molecule has 0 radical (unpaired) electrons. The van der Waals surface area contributed by atoms with Crippen molar-refractivity contribution in [1.82, 2.24) is 0 Å². The van der Waals surface area contributed by atoms with Crippen molar-refractivity contribution in [2.45, 2.75) is 0 Å². The van der Waals surface area contributed by atoms with E-state index in [0.717, 1.165) is 5.69 Å². The molecule has 0 aliphatic heterocycles. The van der Waals surface area contributed by atoms with E-state index in [1.54, 1.807) is 0 Å². The zero-order valence-electron chi connectivity index (χ0n) is 7.12. The van der Waals surface area contributed by atoms with Crippen molar-refractivity contribution in [2.75, 3.05) is 5.73 Å². The summed E-state index contributed by atoms with van der Waals surface area (Å²) in [6.45, 7) is 0. The van der Waals surface area contributed by atoms with Gasteiger partial charge < -0.3 is 5.73 Å². The van der Waals surface area contributed by atoms with Gasteiger partial charge in [0.1, 0.15) is 0 Å². The molecule has 12 heavy (non-hydrogen) atoms. The summed E-state index contributed by atoms with van der Waals surface area (Å²) in [7, 11) is 0. The molecule has 0 heterocycles. The molecule has 0 amide bonds. The Morgan fingerprint density at radius 1 is 0.833 bits per heavy atom. The molecule has 2 aromatic rings. The van der Waals surface area contributed by atoms with Crippen LogP contribution < -0.4 is 57.1 Å². The minimum Gasteiger partial charge on any atom is -0.399 e. The summed E-state index contributed by atoms with van der Waals surface area (Å²) in [6, 6.07) is 14.1. The molecule has 0 bridgehead atoms. The molecule has 0 saturated carbocycles. The van der Waals surface area contributed by atoms with Gasteiger partial charge in [-0.05, 0) is 22.9 Å². The first kappa shape index (κ1) is 10.2. The molecule has 0 aliphatic rings. The van der Waals surface area contributed by atoms with Crippen LogP contribution in [0.15, 0.2) is 42.5 Å². The van der Waals surface area contributed by atoms with Gasteiger partial charge in [0.15, 0.2) is 0 Å². The number of nitrogen functional groups attached to an aromatic ring is 1. The third-order valence-corrected chi connectivity index (χ3v) is 1.77. The van der Waals surface area contributed by atoms with Crippen LogP contribution in [0.25, 0.3) is 10.8 Å². The predicted octanol–water partition coefficient (Wildman–Crippen LogP) is -0.574. The Morgan fingerprint density at radius 2 is 1.50 bits per heavy atom. The Kier molecular flexibility index (Phi) is 3.74. The van der Waals surface area contributed by atoms with E-state index in [2.05, 4.69) is 12.1 Å². The summed E-state index contributed by atoms with van der Waals surface area (Å²) >= 11 is 0. The fraction of sp³-hybridized carbons (Fsp3) is 0. The van der Waals surface area contributed by atoms with Gasteiger partial charge in [0.2, 0.25) is 0 Å². The molecule has 0 aromatic heterocycles. The van der Waals surface area contributed by atoms with Crippen LogP contribution in [0.5, 0.6) is 0 Å². The molecular weight excluding hydrogens is 173 g/mol. The second kappa shape index (κ2) is 4.39. The Hall–Kier alpha value is 0.136. The van der Waals surface area contributed by atoms with Crippen LogP contribution in [0, 0.1) is 0 Å². The SMILES string of the molecule is Nc1ccc2ccccc2c1.[K+]. The Labute approximate surface area is 114 Å². The fourth-order valence-corrected chi connectivity index (χ4v) is 1.21. The standard InChI is InChI=1S/C10H9N.K/c11-10-6-5-8-3-1-2-4-9(8)7-10;/h1-7H,11H2;/q;+1. The maximum Gasteiger partial charge on any atom is 1.00 e. The van der Waals surface area contributed by atoms with Crippen LogP contribution in [0.4, 0.5) is 5.69 Å². The van der Waals surface area contributed by atoms with Crippen molar-refractivity contribution in [1.29, 1.82) is 0 Å². The molecular formula is C10H9KN+. The van der Waals surface area contributed by atoms with Crippen molar-refractivity contribution in [3.63, 3.8) is 0 Å². The minimum atomic E-state index is 0. The van der Waals surface area contributed by atoms with Gasteiger partial charge in [-0.2, -0.15) is 0 Å². The molecule has 0 fully saturated rings. The Morgan fingerprint density at radius 3 is 2.25 bits per heavy atom. The van der Waals surface area contributed by atoms with E-state index in [0.29, 0.717) is 0 Å². The Bertz CT molecular complexity index is 384. The number of anilines is 1. The zero-order chi connectivity index (χ0) is 7.68. The van der Waals surface area contributed by atoms with Crippen molar-refractivity contribution in [3.05, 3.63) is 42.5 Å². The van der Waals surface area contributed by atoms with Gasteiger partial charge in [-0.1, -0.05) is 30.3 Å². The summed E-state index contributed by atoms with van der Waals surface area (Å²) in [4.78, 5) is 0. The molecule has 2 N–H and O–H groups in total. The molecule has 0 saturated heterocycles. The van der Waals surface area contributed by atoms with Crippen LogP contribution in [0.2, 0.25) is 0 Å². The first-order chi connectivity index (χ1) is 5.36. The first-order valence-electron chi connectivity index (χ1n) is 3.60. The van der Waals surface area contributed by atoms with E-state index in [1.807, 2.05) is 30.3 Å². The zero-order valence-corrected chi connectivity index (χ0v) is 10.2. The number of hydrogen-bond acceptors (Lipinski definition) is 1. The summed E-state index contributed by atoms with van der Waals surface area (Å²) in [6.07, 6.45) is 0.